The zero-order chi connectivity index (χ0) is 13.6. The molecule has 104 valence electrons. The first-order valence-corrected chi connectivity index (χ1v) is 7.58. The van der Waals surface area contributed by atoms with Crippen LogP contribution in [0.1, 0.15) is 44.6 Å². The molecule has 0 radical (unpaired) electrons. The maximum Gasteiger partial charge on any atom is 0.158 e. The standard InChI is InChI=1S/C14H21ClN4/c1-4-10-12-13(18(3)17-10)19(11(8-15)16-12)9-14(2)6-5-7-14/h4-9H2,1-3H3. The van der Waals surface area contributed by atoms with Crippen LogP contribution in [0.3, 0.4) is 0 Å². The van der Waals surface area contributed by atoms with Crippen molar-refractivity contribution in [3.05, 3.63) is 11.5 Å². The van der Waals surface area contributed by atoms with E-state index < -0.39 is 0 Å². The van der Waals surface area contributed by atoms with Crippen molar-refractivity contribution in [3.8, 4) is 0 Å². The summed E-state index contributed by atoms with van der Waals surface area (Å²) >= 11 is 6.09. The zero-order valence-electron chi connectivity index (χ0n) is 11.9. The van der Waals surface area contributed by atoms with Crippen molar-refractivity contribution < 1.29 is 0 Å². The third-order valence-electron chi connectivity index (χ3n) is 4.43. The summed E-state index contributed by atoms with van der Waals surface area (Å²) in [4.78, 5) is 4.71. The second-order valence-corrected chi connectivity index (χ2v) is 6.28. The molecule has 0 saturated heterocycles. The average molecular weight is 281 g/mol. The number of halogens is 1. The Labute approximate surface area is 118 Å². The van der Waals surface area contributed by atoms with Crippen LogP contribution in [0.5, 0.6) is 0 Å². The van der Waals surface area contributed by atoms with Crippen LogP contribution in [0.2, 0.25) is 0 Å². The summed E-state index contributed by atoms with van der Waals surface area (Å²) in [6.45, 7) is 5.49. The van der Waals surface area contributed by atoms with E-state index in [1.165, 1.54) is 19.3 Å². The van der Waals surface area contributed by atoms with Crippen LogP contribution in [0, 0.1) is 5.41 Å². The fourth-order valence-corrected chi connectivity index (χ4v) is 3.32. The van der Waals surface area contributed by atoms with Crippen LogP contribution < -0.4 is 0 Å². The molecule has 1 saturated carbocycles. The van der Waals surface area contributed by atoms with E-state index in [0.717, 1.165) is 35.6 Å². The van der Waals surface area contributed by atoms with Gasteiger partial charge in [-0.25, -0.2) is 4.98 Å². The molecule has 0 spiro atoms. The van der Waals surface area contributed by atoms with Crippen LogP contribution >= 0.6 is 11.6 Å². The third kappa shape index (κ3) is 1.97. The number of nitrogens with zero attached hydrogens (tertiary/aromatic N) is 4. The Bertz CT molecular complexity index is 607. The summed E-state index contributed by atoms with van der Waals surface area (Å²) in [6, 6.07) is 0. The van der Waals surface area contributed by atoms with Gasteiger partial charge in [0.1, 0.15) is 11.3 Å². The number of imidazole rings is 1. The molecule has 2 aromatic rings. The van der Waals surface area contributed by atoms with Crippen LogP contribution in [-0.4, -0.2) is 19.3 Å². The minimum absolute atomic E-state index is 0.408. The van der Waals surface area contributed by atoms with E-state index in [1.807, 2.05) is 11.7 Å². The van der Waals surface area contributed by atoms with Crippen LogP contribution in [0.15, 0.2) is 0 Å². The Kier molecular flexibility index (Phi) is 3.08. The van der Waals surface area contributed by atoms with Crippen LogP contribution in [-0.2, 0) is 25.9 Å². The maximum atomic E-state index is 6.09. The molecule has 4 nitrogen and oxygen atoms in total. The highest BCUT2D eigenvalue weighted by molar-refractivity contribution is 6.16. The molecule has 1 aliphatic rings. The second kappa shape index (κ2) is 4.51. The molecule has 2 aromatic heterocycles. The highest BCUT2D eigenvalue weighted by Crippen LogP contribution is 2.42. The monoisotopic (exact) mass is 280 g/mol. The largest absolute Gasteiger partial charge is 0.311 e. The van der Waals surface area contributed by atoms with Crippen molar-refractivity contribution in [2.45, 2.75) is 52.0 Å². The fourth-order valence-electron chi connectivity index (χ4n) is 3.11. The zero-order valence-corrected chi connectivity index (χ0v) is 12.7. The third-order valence-corrected chi connectivity index (χ3v) is 4.66. The van der Waals surface area contributed by atoms with E-state index in [9.17, 15) is 0 Å². The van der Waals surface area contributed by atoms with E-state index in [1.54, 1.807) is 0 Å². The molecule has 0 aromatic carbocycles. The first-order valence-electron chi connectivity index (χ1n) is 7.05. The van der Waals surface area contributed by atoms with E-state index >= 15 is 0 Å². The van der Waals surface area contributed by atoms with Crippen molar-refractivity contribution in [2.24, 2.45) is 12.5 Å². The molecule has 0 N–H and O–H groups in total. The summed E-state index contributed by atoms with van der Waals surface area (Å²) in [6.07, 6.45) is 4.85. The average Bonchev–Trinajstić information content (AvgIpc) is 2.86. The van der Waals surface area contributed by atoms with E-state index in [4.69, 9.17) is 16.6 Å². The molecular formula is C14H21ClN4. The summed E-state index contributed by atoms with van der Waals surface area (Å²) in [5, 5.41) is 4.57. The number of hydrogen-bond acceptors (Lipinski definition) is 2. The smallest absolute Gasteiger partial charge is 0.158 e. The minimum atomic E-state index is 0.408. The number of hydrogen-bond donors (Lipinski definition) is 0. The maximum absolute atomic E-state index is 6.09. The Morgan fingerprint density at radius 2 is 2.11 bits per heavy atom. The van der Waals surface area contributed by atoms with Gasteiger partial charge in [0, 0.05) is 13.6 Å². The lowest BCUT2D eigenvalue weighted by molar-refractivity contribution is 0.132. The van der Waals surface area contributed by atoms with Gasteiger partial charge in [0.15, 0.2) is 5.65 Å². The molecule has 0 aliphatic heterocycles. The van der Waals surface area contributed by atoms with Crippen molar-refractivity contribution in [1.29, 1.82) is 0 Å². The summed E-state index contributed by atoms with van der Waals surface area (Å²) in [5.74, 6) is 1.45. The molecule has 0 unspecified atom stereocenters. The molecule has 0 bridgehead atoms. The first-order chi connectivity index (χ1) is 9.08. The van der Waals surface area contributed by atoms with Gasteiger partial charge in [-0.2, -0.15) is 5.10 Å². The Morgan fingerprint density at radius 3 is 2.63 bits per heavy atom. The van der Waals surface area contributed by atoms with E-state index in [-0.39, 0.29) is 0 Å². The van der Waals surface area contributed by atoms with Gasteiger partial charge in [-0.15, -0.1) is 11.6 Å². The Hall–Kier alpha value is -1.03. The molecule has 19 heavy (non-hydrogen) atoms. The first kappa shape index (κ1) is 13.0. The summed E-state index contributed by atoms with van der Waals surface area (Å²) < 4.78 is 4.24. The van der Waals surface area contributed by atoms with Gasteiger partial charge < -0.3 is 4.57 Å². The molecule has 3 rings (SSSR count). The molecular weight excluding hydrogens is 260 g/mol. The predicted octanol–water partition coefficient (Wildman–Crippen LogP) is 3.26. The number of alkyl halides is 1. The van der Waals surface area contributed by atoms with Gasteiger partial charge in [-0.1, -0.05) is 20.3 Å². The highest BCUT2D eigenvalue weighted by atomic mass is 35.5. The lowest BCUT2D eigenvalue weighted by Gasteiger charge is -2.39. The van der Waals surface area contributed by atoms with E-state index in [2.05, 4.69) is 23.5 Å². The SMILES string of the molecule is CCc1nn(C)c2c1nc(CCl)n2CC1(C)CCC1. The van der Waals surface area contributed by atoms with Gasteiger partial charge in [-0.3, -0.25) is 4.68 Å². The van der Waals surface area contributed by atoms with Gasteiger partial charge in [-0.05, 0) is 24.7 Å². The van der Waals surface area contributed by atoms with Gasteiger partial charge in [0.25, 0.3) is 0 Å². The van der Waals surface area contributed by atoms with Crippen molar-refractivity contribution >= 4 is 22.8 Å². The van der Waals surface area contributed by atoms with Crippen molar-refractivity contribution in [3.63, 3.8) is 0 Å². The summed E-state index contributed by atoms with van der Waals surface area (Å²) in [7, 11) is 2.00. The van der Waals surface area contributed by atoms with Crippen LogP contribution in [0.4, 0.5) is 0 Å². The molecule has 1 aliphatic carbocycles. The Balaban J connectivity index is 2.12. The van der Waals surface area contributed by atoms with Crippen molar-refractivity contribution in [2.75, 3.05) is 0 Å². The number of fused-ring (bicyclic) bond motifs is 1. The van der Waals surface area contributed by atoms with Crippen molar-refractivity contribution in [1.82, 2.24) is 19.3 Å². The van der Waals surface area contributed by atoms with Crippen LogP contribution in [0.25, 0.3) is 11.2 Å². The quantitative estimate of drug-likeness (QED) is 0.806. The normalized spacial score (nSPS) is 17.9. The fraction of sp³-hybridized carbons (Fsp3) is 0.714. The topological polar surface area (TPSA) is 35.6 Å². The summed E-state index contributed by atoms with van der Waals surface area (Å²) in [5.41, 5.74) is 3.64. The number of rotatable bonds is 4. The van der Waals surface area contributed by atoms with Gasteiger partial charge in [0.2, 0.25) is 0 Å². The van der Waals surface area contributed by atoms with Gasteiger partial charge in [0.05, 0.1) is 11.6 Å². The molecule has 0 atom stereocenters. The van der Waals surface area contributed by atoms with Gasteiger partial charge >= 0.3 is 0 Å². The Morgan fingerprint density at radius 1 is 1.37 bits per heavy atom. The molecule has 2 heterocycles. The lowest BCUT2D eigenvalue weighted by atomic mass is 9.70. The highest BCUT2D eigenvalue weighted by Gasteiger charge is 2.34. The van der Waals surface area contributed by atoms with E-state index in [0.29, 0.717) is 11.3 Å². The second-order valence-electron chi connectivity index (χ2n) is 6.01. The molecule has 1 fully saturated rings. The number of aromatic nitrogens is 4. The lowest BCUT2D eigenvalue weighted by Crippen LogP contribution is -2.31. The molecule has 5 heteroatoms. The minimum Gasteiger partial charge on any atom is -0.311 e. The molecule has 0 amide bonds. The predicted molar refractivity (Wildman–Crippen MR) is 77.4 cm³/mol. The number of aryl methyl sites for hydroxylation is 2.